The summed E-state index contributed by atoms with van der Waals surface area (Å²) in [7, 11) is 1.63. The molecule has 0 unspecified atom stereocenters. The summed E-state index contributed by atoms with van der Waals surface area (Å²) in [6.45, 7) is 1.95. The molecule has 4 aromatic rings. The first kappa shape index (κ1) is 23.5. The van der Waals surface area contributed by atoms with Crippen LogP contribution in [-0.4, -0.2) is 27.4 Å². The fourth-order valence-corrected chi connectivity index (χ4v) is 5.45. The normalized spacial score (nSPS) is 14.8. The van der Waals surface area contributed by atoms with E-state index in [9.17, 15) is 9.59 Å². The van der Waals surface area contributed by atoms with Crippen LogP contribution in [0.4, 0.5) is 0 Å². The van der Waals surface area contributed by atoms with Crippen molar-refractivity contribution in [2.45, 2.75) is 57.9 Å². The fraction of sp³-hybridized carbons (Fsp3) is 0.357. The van der Waals surface area contributed by atoms with Crippen molar-refractivity contribution in [2.24, 2.45) is 0 Å². The Morgan fingerprint density at radius 3 is 2.46 bits per heavy atom. The molecule has 0 spiro atoms. The predicted octanol–water partition coefficient (Wildman–Crippen LogP) is 6.28. The Labute approximate surface area is 209 Å². The number of nitrogens with zero attached hydrogens (tertiary/aromatic N) is 2. The molecule has 2 heterocycles. The fourth-order valence-electron chi connectivity index (χ4n) is 5.32. The number of carbonyl (C=O) groups is 1. The highest BCUT2D eigenvalue weighted by molar-refractivity contribution is 6.30. The van der Waals surface area contributed by atoms with E-state index in [-0.39, 0.29) is 17.5 Å². The topological polar surface area (TPSA) is 69.0 Å². The van der Waals surface area contributed by atoms with Crippen molar-refractivity contribution >= 4 is 28.4 Å². The molecule has 0 atom stereocenters. The summed E-state index contributed by atoms with van der Waals surface area (Å²) in [6.07, 6.45) is 7.37. The largest absolute Gasteiger partial charge is 0.497 e. The van der Waals surface area contributed by atoms with E-state index < -0.39 is 0 Å². The molecule has 1 N–H and O–H groups in total. The van der Waals surface area contributed by atoms with Gasteiger partial charge in [-0.25, -0.2) is 4.68 Å². The molecule has 182 valence electrons. The molecule has 5 rings (SSSR count). The van der Waals surface area contributed by atoms with E-state index in [4.69, 9.17) is 16.3 Å². The number of ether oxygens (including phenoxy) is 1. The minimum atomic E-state index is -0.120. The number of halogens is 1. The smallest absolute Gasteiger partial charge is 0.266 e. The van der Waals surface area contributed by atoms with E-state index in [0.717, 1.165) is 59.3 Å². The summed E-state index contributed by atoms with van der Waals surface area (Å²) in [4.78, 5) is 26.4. The number of methoxy groups -OCH3 is 1. The van der Waals surface area contributed by atoms with Gasteiger partial charge in [0.2, 0.25) is 0 Å². The zero-order valence-electron chi connectivity index (χ0n) is 20.1. The first-order valence-corrected chi connectivity index (χ1v) is 12.6. The van der Waals surface area contributed by atoms with Crippen LogP contribution in [0.1, 0.15) is 71.9 Å². The molecule has 1 saturated carbocycles. The van der Waals surface area contributed by atoms with Crippen molar-refractivity contribution in [3.63, 3.8) is 0 Å². The third-order valence-electron chi connectivity index (χ3n) is 7.19. The van der Waals surface area contributed by atoms with Crippen LogP contribution in [-0.2, 0) is 6.42 Å². The van der Waals surface area contributed by atoms with E-state index in [0.29, 0.717) is 17.0 Å². The van der Waals surface area contributed by atoms with Gasteiger partial charge in [-0.15, -0.1) is 0 Å². The van der Waals surface area contributed by atoms with Gasteiger partial charge in [-0.1, -0.05) is 37.3 Å². The maximum atomic E-state index is 13.5. The van der Waals surface area contributed by atoms with E-state index in [1.54, 1.807) is 42.0 Å². The second-order valence-electron chi connectivity index (χ2n) is 9.41. The maximum Gasteiger partial charge on any atom is 0.266 e. The molecule has 2 aromatic carbocycles. The first-order valence-electron chi connectivity index (χ1n) is 12.2. The van der Waals surface area contributed by atoms with Gasteiger partial charge in [0, 0.05) is 39.8 Å². The molecule has 6 nitrogen and oxygen atoms in total. The predicted molar refractivity (Wildman–Crippen MR) is 139 cm³/mol. The van der Waals surface area contributed by atoms with Crippen molar-refractivity contribution in [3.05, 3.63) is 86.4 Å². The van der Waals surface area contributed by atoms with Crippen LogP contribution in [0, 0.1) is 6.92 Å². The van der Waals surface area contributed by atoms with E-state index in [2.05, 4.69) is 5.10 Å². The summed E-state index contributed by atoms with van der Waals surface area (Å²) in [6, 6.07) is 14.6. The van der Waals surface area contributed by atoms with Gasteiger partial charge >= 0.3 is 0 Å². The Morgan fingerprint density at radius 2 is 1.77 bits per heavy atom. The van der Waals surface area contributed by atoms with Crippen molar-refractivity contribution in [1.29, 1.82) is 0 Å². The lowest BCUT2D eigenvalue weighted by Gasteiger charge is -2.14. The van der Waals surface area contributed by atoms with Gasteiger partial charge in [0.15, 0.2) is 0 Å². The number of carbonyl (C=O) groups excluding carboxylic acids is 1. The van der Waals surface area contributed by atoms with Crippen molar-refractivity contribution in [1.82, 2.24) is 14.3 Å². The van der Waals surface area contributed by atoms with Crippen LogP contribution in [0.5, 0.6) is 5.75 Å². The molecular formula is C28H30ClN3O3. The lowest BCUT2D eigenvalue weighted by Crippen LogP contribution is -2.21. The number of benzene rings is 2. The number of rotatable bonds is 5. The Morgan fingerprint density at radius 1 is 1.06 bits per heavy atom. The van der Waals surface area contributed by atoms with Gasteiger partial charge in [0.05, 0.1) is 18.7 Å². The zero-order chi connectivity index (χ0) is 24.5. The van der Waals surface area contributed by atoms with Gasteiger partial charge < -0.3 is 4.74 Å². The third-order valence-corrected chi connectivity index (χ3v) is 7.44. The molecule has 0 bridgehead atoms. The summed E-state index contributed by atoms with van der Waals surface area (Å²) in [5.41, 5.74) is 4.08. The SMILES string of the molecule is COc1ccc2c(c1)c(Cc1cc(=O)n(C3CCCCCC3)[nH]1)c(C)n2C(=O)c1ccc(Cl)cc1. The Hall–Kier alpha value is -3.25. The van der Waals surface area contributed by atoms with E-state index >= 15 is 0 Å². The Balaban J connectivity index is 1.57. The van der Waals surface area contributed by atoms with Gasteiger partial charge in [-0.05, 0) is 67.8 Å². The summed E-state index contributed by atoms with van der Waals surface area (Å²) in [5.74, 6) is 0.601. The van der Waals surface area contributed by atoms with Crippen LogP contribution >= 0.6 is 11.6 Å². The molecule has 35 heavy (non-hydrogen) atoms. The quantitative estimate of drug-likeness (QED) is 0.334. The molecule has 0 radical (unpaired) electrons. The number of fused-ring (bicyclic) bond motifs is 1. The second-order valence-corrected chi connectivity index (χ2v) is 9.84. The van der Waals surface area contributed by atoms with Crippen molar-refractivity contribution < 1.29 is 9.53 Å². The molecule has 0 aliphatic heterocycles. The number of nitrogens with one attached hydrogen (secondary N) is 1. The van der Waals surface area contributed by atoms with E-state index in [1.807, 2.05) is 29.8 Å². The van der Waals surface area contributed by atoms with Crippen LogP contribution in [0.15, 0.2) is 53.3 Å². The van der Waals surface area contributed by atoms with Gasteiger partial charge in [0.1, 0.15) is 5.75 Å². The van der Waals surface area contributed by atoms with Gasteiger partial charge in [0.25, 0.3) is 11.5 Å². The van der Waals surface area contributed by atoms with Crippen LogP contribution in [0.25, 0.3) is 10.9 Å². The zero-order valence-corrected chi connectivity index (χ0v) is 20.9. The molecule has 0 saturated heterocycles. The Bertz CT molecular complexity index is 1420. The van der Waals surface area contributed by atoms with Crippen LogP contribution in [0.3, 0.4) is 0 Å². The third kappa shape index (κ3) is 4.55. The first-order chi connectivity index (χ1) is 17.0. The average molecular weight is 492 g/mol. The molecule has 0 amide bonds. The summed E-state index contributed by atoms with van der Waals surface area (Å²) < 4.78 is 9.04. The average Bonchev–Trinajstić information content (AvgIpc) is 3.20. The number of aromatic nitrogens is 3. The minimum absolute atomic E-state index is 0.0168. The molecule has 7 heteroatoms. The lowest BCUT2D eigenvalue weighted by atomic mass is 10.1. The number of aromatic amines is 1. The summed E-state index contributed by atoms with van der Waals surface area (Å²) >= 11 is 6.03. The van der Waals surface area contributed by atoms with Crippen molar-refractivity contribution in [2.75, 3.05) is 7.11 Å². The number of hydrogen-bond acceptors (Lipinski definition) is 3. The maximum absolute atomic E-state index is 13.5. The minimum Gasteiger partial charge on any atom is -0.497 e. The molecule has 1 aliphatic carbocycles. The van der Waals surface area contributed by atoms with Crippen molar-refractivity contribution in [3.8, 4) is 5.75 Å². The van der Waals surface area contributed by atoms with E-state index in [1.165, 1.54) is 12.8 Å². The van der Waals surface area contributed by atoms with Gasteiger partial charge in [-0.2, -0.15) is 0 Å². The highest BCUT2D eigenvalue weighted by atomic mass is 35.5. The summed E-state index contributed by atoms with van der Waals surface area (Å²) in [5, 5.41) is 4.91. The van der Waals surface area contributed by atoms with Gasteiger partial charge in [-0.3, -0.25) is 19.3 Å². The highest BCUT2D eigenvalue weighted by Crippen LogP contribution is 2.32. The molecule has 2 aromatic heterocycles. The second kappa shape index (κ2) is 9.78. The highest BCUT2D eigenvalue weighted by Gasteiger charge is 2.22. The Kier molecular flexibility index (Phi) is 6.56. The lowest BCUT2D eigenvalue weighted by molar-refractivity contribution is 0.0963. The number of H-pyrrole nitrogens is 1. The monoisotopic (exact) mass is 491 g/mol. The molecular weight excluding hydrogens is 462 g/mol. The van der Waals surface area contributed by atoms with Crippen LogP contribution < -0.4 is 10.3 Å². The van der Waals surface area contributed by atoms with Crippen LogP contribution in [0.2, 0.25) is 5.02 Å². The molecule has 1 fully saturated rings. The molecule has 1 aliphatic rings. The number of hydrogen-bond donors (Lipinski definition) is 1. The standard InChI is InChI=1S/C28H30ClN3O3/c1-18-24(15-21-16-27(33)32(30-21)22-7-5-3-4-6-8-22)25-17-23(35-2)13-14-26(25)31(18)28(34)19-9-11-20(29)12-10-19/h9-14,16-17,22,30H,3-8,15H2,1-2H3.